The van der Waals surface area contributed by atoms with Crippen molar-refractivity contribution in [1.29, 1.82) is 5.26 Å². The van der Waals surface area contributed by atoms with E-state index in [9.17, 15) is 0 Å². The van der Waals surface area contributed by atoms with Gasteiger partial charge in [0, 0.05) is 13.5 Å². The molecule has 0 aliphatic heterocycles. The molecule has 0 aliphatic rings. The minimum absolute atomic E-state index is 0. The first-order valence-corrected chi connectivity index (χ1v) is 1.75. The Morgan fingerprint density at radius 2 is 1.62 bits per heavy atom. The zero-order valence-electron chi connectivity index (χ0n) is 5.31. The molecule has 0 fully saturated rings. The van der Waals surface area contributed by atoms with E-state index in [-0.39, 0.29) is 18.2 Å². The molecule has 0 unspecified atom stereocenters. The van der Waals surface area contributed by atoms with Crippen LogP contribution in [0.15, 0.2) is 0 Å². The second-order valence-electron chi connectivity index (χ2n) is 0.540. The van der Waals surface area contributed by atoms with Crippen molar-refractivity contribution >= 4 is 0 Å². The molecule has 0 bridgehead atoms. The third-order valence-corrected chi connectivity index (χ3v) is 0. The van der Waals surface area contributed by atoms with Crippen LogP contribution in [0.25, 0.3) is 0 Å². The van der Waals surface area contributed by atoms with Gasteiger partial charge in [0.05, 0.1) is 6.07 Å². The maximum absolute atomic E-state index is 7.57. The lowest BCUT2D eigenvalue weighted by Gasteiger charge is -1.52. The molecule has 52 valence electrons. The van der Waals surface area contributed by atoms with Crippen LogP contribution >= 0.6 is 0 Å². The zero-order chi connectivity index (χ0) is 5.41. The summed E-state index contributed by atoms with van der Waals surface area (Å²) in [7, 11) is 0. The zero-order valence-corrected chi connectivity index (χ0v) is 5.31. The van der Waals surface area contributed by atoms with Crippen LogP contribution < -0.4 is 6.15 Å². The number of nitriles is 1. The van der Waals surface area contributed by atoms with Gasteiger partial charge in [0.1, 0.15) is 0 Å². The predicted octanol–water partition coefficient (Wildman–Crippen LogP) is -0.134. The predicted molar refractivity (Wildman–Crippen MR) is 32.7 cm³/mol. The molecule has 0 radical (unpaired) electrons. The van der Waals surface area contributed by atoms with Gasteiger partial charge in [-0.05, 0) is 6.92 Å². The number of aliphatic hydroxyl groups is 1. The maximum atomic E-state index is 7.57. The fourth-order valence-electron chi connectivity index (χ4n) is 0. The van der Waals surface area contributed by atoms with Crippen LogP contribution in [-0.4, -0.2) is 17.2 Å². The molecule has 0 heterocycles. The van der Waals surface area contributed by atoms with E-state index in [0.717, 1.165) is 0 Å². The molecule has 0 amide bonds. The van der Waals surface area contributed by atoms with Gasteiger partial charge in [0.15, 0.2) is 0 Å². The summed E-state index contributed by atoms with van der Waals surface area (Å²) in [6.07, 6.45) is 0. The summed E-state index contributed by atoms with van der Waals surface area (Å²) in [4.78, 5) is 0. The first-order chi connectivity index (χ1) is 2.83. The Kier molecular flexibility index (Phi) is 322. The van der Waals surface area contributed by atoms with Crippen LogP contribution in [0.5, 0.6) is 0 Å². The molecule has 6 N–H and O–H groups in total. The van der Waals surface area contributed by atoms with Crippen molar-refractivity contribution in [2.75, 3.05) is 6.61 Å². The number of hydrogen-bond donors (Lipinski definition) is 2. The van der Waals surface area contributed by atoms with Crippen LogP contribution in [0, 0.1) is 11.3 Å². The monoisotopic (exact) mass is 122 g/mol. The largest absolute Gasteiger partial charge is 0.412 e. The van der Waals surface area contributed by atoms with E-state index < -0.39 is 0 Å². The van der Waals surface area contributed by atoms with Crippen molar-refractivity contribution in [3.05, 3.63) is 0 Å². The molecule has 8 heavy (non-hydrogen) atoms. The average Bonchev–Trinajstić information content (AvgIpc) is 1.39. The highest BCUT2D eigenvalue weighted by Gasteiger charge is 1.34. The summed E-state index contributed by atoms with van der Waals surface area (Å²) in [5, 5.41) is 14.9. The molecule has 0 saturated heterocycles. The minimum Gasteiger partial charge on any atom is -0.412 e. The lowest BCUT2D eigenvalue weighted by atomic mass is 10.9. The summed E-state index contributed by atoms with van der Waals surface area (Å²) in [5.41, 5.74) is 0. The third-order valence-electron chi connectivity index (χ3n) is 0. The average molecular weight is 122 g/mol. The molecular formula is C4H14N2O2. The van der Waals surface area contributed by atoms with Crippen LogP contribution in [0.4, 0.5) is 0 Å². The number of nitrogens with zero attached hydrogens (tertiary/aromatic N) is 1. The van der Waals surface area contributed by atoms with E-state index >= 15 is 0 Å². The first kappa shape index (κ1) is 26.3. The van der Waals surface area contributed by atoms with E-state index in [1.807, 2.05) is 0 Å². The summed E-state index contributed by atoms with van der Waals surface area (Å²) < 4.78 is 0. The molecule has 0 rings (SSSR count). The van der Waals surface area contributed by atoms with Crippen LogP contribution in [-0.2, 0) is 0 Å². The van der Waals surface area contributed by atoms with Gasteiger partial charge in [-0.15, -0.1) is 0 Å². The molecule has 0 atom stereocenters. The molecule has 0 aromatic rings. The van der Waals surface area contributed by atoms with E-state index in [1.54, 1.807) is 13.0 Å². The van der Waals surface area contributed by atoms with E-state index in [4.69, 9.17) is 10.4 Å². The smallest absolute Gasteiger partial charge is 0.0587 e. The Morgan fingerprint density at radius 3 is 1.62 bits per heavy atom. The lowest BCUT2D eigenvalue weighted by Crippen LogP contribution is -1.57. The van der Waals surface area contributed by atoms with Gasteiger partial charge < -0.3 is 16.7 Å². The van der Waals surface area contributed by atoms with Crippen LogP contribution in [0.1, 0.15) is 13.8 Å². The standard InChI is InChI=1S/C2H3N.C2H6O.H3N.H2O/c2*1-2-3;;/h1H3;3H,2H2,1H3;1H3;1H2. The normalized spacial score (nSPS) is 3.25. The summed E-state index contributed by atoms with van der Waals surface area (Å²) in [5.74, 6) is 0. The SMILES string of the molecule is CC#N.CCO.N.O. The van der Waals surface area contributed by atoms with Gasteiger partial charge in [0.2, 0.25) is 0 Å². The van der Waals surface area contributed by atoms with Gasteiger partial charge in [-0.2, -0.15) is 5.26 Å². The molecule has 0 saturated carbocycles. The molecule has 0 aromatic carbocycles. The van der Waals surface area contributed by atoms with Crippen LogP contribution in [0.2, 0.25) is 0 Å². The number of aliphatic hydroxyl groups excluding tert-OH is 1. The Hall–Kier alpha value is -0.630. The third kappa shape index (κ3) is 258. The fraction of sp³-hybridized carbons (Fsp3) is 0.750. The topological polar surface area (TPSA) is 111 Å². The van der Waals surface area contributed by atoms with Crippen molar-refractivity contribution in [1.82, 2.24) is 6.15 Å². The van der Waals surface area contributed by atoms with E-state index in [2.05, 4.69) is 0 Å². The summed E-state index contributed by atoms with van der Waals surface area (Å²) >= 11 is 0. The Bertz CT molecular complexity index is 41.8. The second kappa shape index (κ2) is 97.9. The molecule has 4 nitrogen and oxygen atoms in total. The number of hydrogen-bond acceptors (Lipinski definition) is 3. The highest BCUT2D eigenvalue weighted by Crippen LogP contribution is 1.30. The number of rotatable bonds is 0. The van der Waals surface area contributed by atoms with Gasteiger partial charge in [-0.1, -0.05) is 0 Å². The van der Waals surface area contributed by atoms with Gasteiger partial charge in [-0.25, -0.2) is 0 Å². The minimum atomic E-state index is 0. The lowest BCUT2D eigenvalue weighted by molar-refractivity contribution is 0.318. The van der Waals surface area contributed by atoms with Gasteiger partial charge in [-0.3, -0.25) is 0 Å². The Morgan fingerprint density at radius 1 is 1.62 bits per heavy atom. The quantitative estimate of drug-likeness (QED) is 0.466. The first-order valence-electron chi connectivity index (χ1n) is 1.75. The van der Waals surface area contributed by atoms with E-state index in [1.165, 1.54) is 6.92 Å². The van der Waals surface area contributed by atoms with Crippen molar-refractivity contribution < 1.29 is 10.6 Å². The maximum Gasteiger partial charge on any atom is 0.0587 e. The summed E-state index contributed by atoms with van der Waals surface area (Å²) in [6.45, 7) is 3.36. The Labute approximate surface area is 49.6 Å². The van der Waals surface area contributed by atoms with Crippen molar-refractivity contribution in [2.24, 2.45) is 0 Å². The van der Waals surface area contributed by atoms with Crippen LogP contribution in [0.3, 0.4) is 0 Å². The van der Waals surface area contributed by atoms with Crippen molar-refractivity contribution in [3.8, 4) is 6.07 Å². The molecule has 0 aromatic heterocycles. The molecule has 4 heteroatoms. The molecule has 0 aliphatic carbocycles. The molecule has 0 spiro atoms. The highest BCUT2D eigenvalue weighted by molar-refractivity contribution is 4.51. The Balaban J connectivity index is -0.0000000160. The van der Waals surface area contributed by atoms with Gasteiger partial charge in [0.25, 0.3) is 0 Å². The fourth-order valence-corrected chi connectivity index (χ4v) is 0. The summed E-state index contributed by atoms with van der Waals surface area (Å²) in [6, 6.07) is 1.75. The van der Waals surface area contributed by atoms with Gasteiger partial charge >= 0.3 is 0 Å². The second-order valence-corrected chi connectivity index (χ2v) is 0.540. The highest BCUT2D eigenvalue weighted by atomic mass is 16.2. The van der Waals surface area contributed by atoms with E-state index in [0.29, 0.717) is 0 Å². The molecular weight excluding hydrogens is 108 g/mol. The van der Waals surface area contributed by atoms with Crippen molar-refractivity contribution in [2.45, 2.75) is 13.8 Å². The van der Waals surface area contributed by atoms with Crippen molar-refractivity contribution in [3.63, 3.8) is 0 Å².